The quantitative estimate of drug-likeness (QED) is 0.388. The Labute approximate surface area is 198 Å². The molecular weight excluding hydrogens is 452 g/mol. The minimum atomic E-state index is -3.47. The normalized spacial score (nSPS) is 11.1. The highest BCUT2D eigenvalue weighted by Crippen LogP contribution is 2.30. The van der Waals surface area contributed by atoms with Crippen LogP contribution in [0.4, 0.5) is 11.4 Å². The molecule has 0 fully saturated rings. The topological polar surface area (TPSA) is 102 Å². The third-order valence-corrected chi connectivity index (χ3v) is 6.42. The lowest BCUT2D eigenvalue weighted by molar-refractivity contribution is 0.102. The van der Waals surface area contributed by atoms with Crippen LogP contribution in [0.5, 0.6) is 5.75 Å². The minimum Gasteiger partial charge on any atom is -0.494 e. The van der Waals surface area contributed by atoms with Gasteiger partial charge in [-0.15, -0.1) is 0 Å². The molecule has 0 aliphatic carbocycles. The van der Waals surface area contributed by atoms with Crippen LogP contribution in [-0.2, 0) is 10.0 Å². The minimum absolute atomic E-state index is 0.0672. The van der Waals surface area contributed by atoms with Gasteiger partial charge in [0, 0.05) is 23.5 Å². The van der Waals surface area contributed by atoms with E-state index in [-0.39, 0.29) is 17.4 Å². The Morgan fingerprint density at radius 3 is 2.32 bits per heavy atom. The lowest BCUT2D eigenvalue weighted by Gasteiger charge is -2.13. The first-order valence-corrected chi connectivity index (χ1v) is 12.3. The molecule has 0 saturated carbocycles. The number of rotatable bonds is 8. The van der Waals surface area contributed by atoms with E-state index in [9.17, 15) is 13.2 Å². The number of methoxy groups -OCH3 is 1. The number of amides is 1. The van der Waals surface area contributed by atoms with Gasteiger partial charge in [-0.05, 0) is 31.2 Å². The maximum absolute atomic E-state index is 13.3. The summed E-state index contributed by atoms with van der Waals surface area (Å²) >= 11 is 0. The molecule has 1 heterocycles. The third-order valence-electron chi connectivity index (χ3n) is 5.13. The molecule has 4 aromatic rings. The van der Waals surface area contributed by atoms with E-state index in [1.807, 2.05) is 60.7 Å². The van der Waals surface area contributed by atoms with Crippen LogP contribution in [0, 0.1) is 0 Å². The fourth-order valence-electron chi connectivity index (χ4n) is 3.35. The Bertz CT molecular complexity index is 1400. The molecule has 34 heavy (non-hydrogen) atoms. The van der Waals surface area contributed by atoms with Crippen molar-refractivity contribution in [2.45, 2.75) is 6.92 Å². The lowest BCUT2D eigenvalue weighted by atomic mass is 10.1. The molecule has 0 radical (unpaired) electrons. The summed E-state index contributed by atoms with van der Waals surface area (Å²) in [6.45, 7) is 1.54. The number of hydrogen-bond donors (Lipinski definition) is 2. The molecule has 2 N–H and O–H groups in total. The number of nitrogens with zero attached hydrogens (tertiary/aromatic N) is 2. The number of anilines is 2. The Kier molecular flexibility index (Phi) is 6.65. The van der Waals surface area contributed by atoms with Crippen molar-refractivity contribution in [2.75, 3.05) is 22.9 Å². The van der Waals surface area contributed by atoms with E-state index in [1.54, 1.807) is 36.0 Å². The summed E-state index contributed by atoms with van der Waals surface area (Å²) in [6.07, 6.45) is 1.69. The van der Waals surface area contributed by atoms with Gasteiger partial charge in [0.15, 0.2) is 0 Å². The average molecular weight is 477 g/mol. The smallest absolute Gasteiger partial charge is 0.259 e. The molecule has 0 aliphatic rings. The Balaban J connectivity index is 1.67. The molecule has 3 aromatic carbocycles. The molecule has 9 heteroatoms. The third kappa shape index (κ3) is 5.10. The van der Waals surface area contributed by atoms with Crippen LogP contribution in [0.1, 0.15) is 17.3 Å². The molecule has 0 aliphatic heterocycles. The van der Waals surface area contributed by atoms with E-state index in [4.69, 9.17) is 4.74 Å². The first-order valence-electron chi connectivity index (χ1n) is 10.6. The van der Waals surface area contributed by atoms with Crippen LogP contribution < -0.4 is 14.8 Å². The summed E-state index contributed by atoms with van der Waals surface area (Å²) in [6, 6.07) is 23.7. The second-order valence-electron chi connectivity index (χ2n) is 7.41. The van der Waals surface area contributed by atoms with Crippen LogP contribution >= 0.6 is 0 Å². The van der Waals surface area contributed by atoms with E-state index >= 15 is 0 Å². The summed E-state index contributed by atoms with van der Waals surface area (Å²) in [5, 5.41) is 7.53. The van der Waals surface area contributed by atoms with E-state index in [1.165, 1.54) is 7.11 Å². The highest BCUT2D eigenvalue weighted by molar-refractivity contribution is 7.92. The standard InChI is InChI=1S/C25H24N4O4S/c1-3-34(31,32)28-22-15-14-19(16-23(22)33-2)26-25(30)21-17-29(20-12-8-5-9-13-20)27-24(21)18-10-6-4-7-11-18/h4-17,28H,3H2,1-2H3,(H,26,30). The van der Waals surface area contributed by atoms with Crippen molar-refractivity contribution in [1.29, 1.82) is 0 Å². The molecule has 1 aromatic heterocycles. The molecule has 0 unspecified atom stereocenters. The first kappa shape index (κ1) is 23.1. The van der Waals surface area contributed by atoms with Gasteiger partial charge in [-0.25, -0.2) is 13.1 Å². The number of nitrogens with one attached hydrogen (secondary N) is 2. The maximum atomic E-state index is 13.3. The van der Waals surface area contributed by atoms with Crippen LogP contribution in [0.15, 0.2) is 85.1 Å². The van der Waals surface area contributed by atoms with E-state index in [0.29, 0.717) is 22.6 Å². The summed E-state index contributed by atoms with van der Waals surface area (Å²) in [5.74, 6) is -0.134. The van der Waals surface area contributed by atoms with Gasteiger partial charge < -0.3 is 10.1 Å². The molecule has 4 rings (SSSR count). The zero-order chi connectivity index (χ0) is 24.1. The second-order valence-corrected chi connectivity index (χ2v) is 9.42. The Morgan fingerprint density at radius 2 is 1.68 bits per heavy atom. The number of para-hydroxylation sites is 1. The molecule has 8 nitrogen and oxygen atoms in total. The van der Waals surface area contributed by atoms with Gasteiger partial charge in [0.2, 0.25) is 10.0 Å². The molecular formula is C25H24N4O4S. The predicted octanol–water partition coefficient (Wildman–Crippen LogP) is 4.56. The van der Waals surface area contributed by atoms with Crippen molar-refractivity contribution in [2.24, 2.45) is 0 Å². The van der Waals surface area contributed by atoms with Crippen LogP contribution in [0.3, 0.4) is 0 Å². The van der Waals surface area contributed by atoms with Crippen molar-refractivity contribution in [3.8, 4) is 22.7 Å². The fraction of sp³-hybridized carbons (Fsp3) is 0.120. The lowest BCUT2D eigenvalue weighted by Crippen LogP contribution is -2.16. The van der Waals surface area contributed by atoms with Gasteiger partial charge >= 0.3 is 0 Å². The number of carbonyl (C=O) groups excluding carboxylic acids is 1. The summed E-state index contributed by atoms with van der Waals surface area (Å²) in [5.41, 5.74) is 3.32. The van der Waals surface area contributed by atoms with E-state index in [2.05, 4.69) is 15.1 Å². The second kappa shape index (κ2) is 9.80. The van der Waals surface area contributed by atoms with Gasteiger partial charge in [0.1, 0.15) is 11.4 Å². The predicted molar refractivity (Wildman–Crippen MR) is 133 cm³/mol. The summed E-state index contributed by atoms with van der Waals surface area (Å²) < 4.78 is 33.3. The molecule has 1 amide bonds. The first-order chi connectivity index (χ1) is 16.4. The Morgan fingerprint density at radius 1 is 1.00 bits per heavy atom. The largest absolute Gasteiger partial charge is 0.494 e. The van der Waals surface area contributed by atoms with E-state index < -0.39 is 10.0 Å². The monoisotopic (exact) mass is 476 g/mol. The number of hydrogen-bond acceptors (Lipinski definition) is 5. The summed E-state index contributed by atoms with van der Waals surface area (Å²) in [7, 11) is -2.04. The number of sulfonamides is 1. The highest BCUT2D eigenvalue weighted by Gasteiger charge is 2.20. The maximum Gasteiger partial charge on any atom is 0.259 e. The summed E-state index contributed by atoms with van der Waals surface area (Å²) in [4.78, 5) is 13.3. The van der Waals surface area contributed by atoms with Crippen LogP contribution in [0.25, 0.3) is 16.9 Å². The van der Waals surface area contributed by atoms with Gasteiger partial charge in [-0.2, -0.15) is 5.10 Å². The van der Waals surface area contributed by atoms with Gasteiger partial charge in [0.05, 0.1) is 29.8 Å². The number of benzene rings is 3. The zero-order valence-corrected chi connectivity index (χ0v) is 19.5. The number of carbonyl (C=O) groups is 1. The van der Waals surface area contributed by atoms with Crippen molar-refractivity contribution < 1.29 is 17.9 Å². The van der Waals surface area contributed by atoms with Crippen molar-refractivity contribution in [3.63, 3.8) is 0 Å². The van der Waals surface area contributed by atoms with E-state index in [0.717, 1.165) is 11.3 Å². The van der Waals surface area contributed by atoms with Gasteiger partial charge in [0.25, 0.3) is 5.91 Å². The molecule has 0 saturated heterocycles. The van der Waals surface area contributed by atoms with Gasteiger partial charge in [-0.3, -0.25) is 9.52 Å². The SMILES string of the molecule is CCS(=O)(=O)Nc1ccc(NC(=O)c2cn(-c3ccccc3)nc2-c2ccccc2)cc1OC. The molecule has 0 bridgehead atoms. The van der Waals surface area contributed by atoms with Crippen LogP contribution in [0.2, 0.25) is 0 Å². The molecule has 0 spiro atoms. The van der Waals surface area contributed by atoms with Crippen LogP contribution in [-0.4, -0.2) is 37.0 Å². The number of aromatic nitrogens is 2. The van der Waals surface area contributed by atoms with Crippen molar-refractivity contribution in [1.82, 2.24) is 9.78 Å². The van der Waals surface area contributed by atoms with Crippen molar-refractivity contribution >= 4 is 27.3 Å². The van der Waals surface area contributed by atoms with Crippen molar-refractivity contribution in [3.05, 3.63) is 90.6 Å². The molecule has 174 valence electrons. The average Bonchev–Trinajstić information content (AvgIpc) is 3.32. The van der Waals surface area contributed by atoms with Gasteiger partial charge in [-0.1, -0.05) is 48.5 Å². The molecule has 0 atom stereocenters. The Hall–Kier alpha value is -4.11. The zero-order valence-electron chi connectivity index (χ0n) is 18.7. The fourth-order valence-corrected chi connectivity index (χ4v) is 4.00. The highest BCUT2D eigenvalue weighted by atomic mass is 32.2. The number of ether oxygens (including phenoxy) is 1.